The van der Waals surface area contributed by atoms with E-state index in [4.69, 9.17) is 4.74 Å². The van der Waals surface area contributed by atoms with Crippen molar-refractivity contribution in [2.75, 3.05) is 32.8 Å². The average molecular weight is 403 g/mol. The Balaban J connectivity index is 1.61. The number of halogens is 1. The standard InChI is InChI=1S/C20H23BrN2O2/c1-2-25-19-10-6-4-8-17(19)20(24)23-13-11-22(12-14-23)15-16-7-3-5-9-18(16)21/h3-10H,2,11-15H2,1H3. The Morgan fingerprint density at radius 1 is 1.04 bits per heavy atom. The Morgan fingerprint density at radius 2 is 1.72 bits per heavy atom. The van der Waals surface area contributed by atoms with Crippen molar-refractivity contribution in [2.45, 2.75) is 13.5 Å². The molecule has 0 radical (unpaired) electrons. The van der Waals surface area contributed by atoms with E-state index < -0.39 is 0 Å². The maximum absolute atomic E-state index is 12.8. The molecule has 2 aromatic rings. The van der Waals surface area contributed by atoms with Crippen LogP contribution in [0.3, 0.4) is 0 Å². The summed E-state index contributed by atoms with van der Waals surface area (Å²) in [5.41, 5.74) is 1.94. The van der Waals surface area contributed by atoms with Gasteiger partial charge in [0.25, 0.3) is 5.91 Å². The predicted octanol–water partition coefficient (Wildman–Crippen LogP) is 3.81. The van der Waals surface area contributed by atoms with E-state index in [-0.39, 0.29) is 5.91 Å². The number of nitrogens with zero attached hydrogens (tertiary/aromatic N) is 2. The zero-order valence-electron chi connectivity index (χ0n) is 14.5. The van der Waals surface area contributed by atoms with Crippen molar-refractivity contribution < 1.29 is 9.53 Å². The number of rotatable bonds is 5. The Hall–Kier alpha value is -1.85. The van der Waals surface area contributed by atoms with Gasteiger partial charge >= 0.3 is 0 Å². The van der Waals surface area contributed by atoms with Crippen molar-refractivity contribution in [1.82, 2.24) is 9.80 Å². The third-order valence-electron chi connectivity index (χ3n) is 4.43. The molecule has 0 saturated carbocycles. The number of hydrogen-bond donors (Lipinski definition) is 0. The first-order valence-corrected chi connectivity index (χ1v) is 9.45. The van der Waals surface area contributed by atoms with E-state index in [0.29, 0.717) is 17.9 Å². The summed E-state index contributed by atoms with van der Waals surface area (Å²) in [7, 11) is 0. The number of piperazine rings is 1. The van der Waals surface area contributed by atoms with Crippen LogP contribution in [0, 0.1) is 0 Å². The van der Waals surface area contributed by atoms with Gasteiger partial charge in [-0.15, -0.1) is 0 Å². The van der Waals surface area contributed by atoms with Crippen LogP contribution in [0.1, 0.15) is 22.8 Å². The summed E-state index contributed by atoms with van der Waals surface area (Å²) >= 11 is 3.61. The SMILES string of the molecule is CCOc1ccccc1C(=O)N1CCN(Cc2ccccc2Br)CC1. The second-order valence-electron chi connectivity index (χ2n) is 6.09. The summed E-state index contributed by atoms with van der Waals surface area (Å²) in [6, 6.07) is 15.8. The van der Waals surface area contributed by atoms with Crippen LogP contribution < -0.4 is 4.74 Å². The van der Waals surface area contributed by atoms with Crippen molar-refractivity contribution in [3.8, 4) is 5.75 Å². The van der Waals surface area contributed by atoms with Crippen LogP contribution in [0.5, 0.6) is 5.75 Å². The van der Waals surface area contributed by atoms with Gasteiger partial charge in [0.2, 0.25) is 0 Å². The van der Waals surface area contributed by atoms with Crippen LogP contribution in [0.15, 0.2) is 53.0 Å². The number of carbonyl (C=O) groups excluding carboxylic acids is 1. The minimum absolute atomic E-state index is 0.0598. The molecule has 0 N–H and O–H groups in total. The van der Waals surface area contributed by atoms with Crippen molar-refractivity contribution in [3.63, 3.8) is 0 Å². The van der Waals surface area contributed by atoms with Gasteiger partial charge in [-0.25, -0.2) is 0 Å². The second-order valence-corrected chi connectivity index (χ2v) is 6.94. The zero-order chi connectivity index (χ0) is 17.6. The molecule has 0 unspecified atom stereocenters. The normalized spacial score (nSPS) is 15.2. The van der Waals surface area contributed by atoms with Crippen LogP contribution in [0.25, 0.3) is 0 Å². The largest absolute Gasteiger partial charge is 0.493 e. The topological polar surface area (TPSA) is 32.8 Å². The molecule has 132 valence electrons. The van der Waals surface area contributed by atoms with Crippen molar-refractivity contribution in [2.24, 2.45) is 0 Å². The molecule has 0 aromatic heterocycles. The molecular weight excluding hydrogens is 380 g/mol. The van der Waals surface area contributed by atoms with Crippen LogP contribution in [-0.4, -0.2) is 48.5 Å². The molecule has 4 nitrogen and oxygen atoms in total. The van der Waals surface area contributed by atoms with Gasteiger partial charge in [0.05, 0.1) is 12.2 Å². The van der Waals surface area contributed by atoms with E-state index in [9.17, 15) is 4.79 Å². The van der Waals surface area contributed by atoms with E-state index in [0.717, 1.165) is 37.2 Å². The number of carbonyl (C=O) groups is 1. The Labute approximate surface area is 157 Å². The molecule has 1 saturated heterocycles. The highest BCUT2D eigenvalue weighted by atomic mass is 79.9. The molecule has 3 rings (SSSR count). The van der Waals surface area contributed by atoms with Crippen LogP contribution in [0.4, 0.5) is 0 Å². The van der Waals surface area contributed by atoms with E-state index in [1.54, 1.807) is 0 Å². The highest BCUT2D eigenvalue weighted by molar-refractivity contribution is 9.10. The molecule has 0 atom stereocenters. The summed E-state index contributed by atoms with van der Waals surface area (Å²) in [5.74, 6) is 0.732. The zero-order valence-corrected chi connectivity index (χ0v) is 16.0. The number of amides is 1. The van der Waals surface area contributed by atoms with Gasteiger partial charge in [-0.2, -0.15) is 0 Å². The molecule has 0 aliphatic carbocycles. The number of para-hydroxylation sites is 1. The van der Waals surface area contributed by atoms with Gasteiger partial charge in [-0.3, -0.25) is 9.69 Å². The Morgan fingerprint density at radius 3 is 2.44 bits per heavy atom. The first-order valence-electron chi connectivity index (χ1n) is 8.66. The van der Waals surface area contributed by atoms with Gasteiger partial charge in [0.15, 0.2) is 0 Å². The quantitative estimate of drug-likeness (QED) is 0.762. The first kappa shape index (κ1) is 18.0. The summed E-state index contributed by atoms with van der Waals surface area (Å²) in [6.07, 6.45) is 0. The molecule has 2 aromatic carbocycles. The lowest BCUT2D eigenvalue weighted by Gasteiger charge is -2.35. The predicted molar refractivity (Wildman–Crippen MR) is 103 cm³/mol. The minimum Gasteiger partial charge on any atom is -0.493 e. The summed E-state index contributed by atoms with van der Waals surface area (Å²) in [6.45, 7) is 6.63. The van der Waals surface area contributed by atoms with E-state index in [2.05, 4.69) is 39.0 Å². The third-order valence-corrected chi connectivity index (χ3v) is 5.20. The van der Waals surface area contributed by atoms with E-state index in [1.165, 1.54) is 5.56 Å². The second kappa shape index (κ2) is 8.50. The van der Waals surface area contributed by atoms with Crippen LogP contribution in [0.2, 0.25) is 0 Å². The fourth-order valence-corrected chi connectivity index (χ4v) is 3.48. The third kappa shape index (κ3) is 4.41. The van der Waals surface area contributed by atoms with Crippen molar-refractivity contribution in [1.29, 1.82) is 0 Å². The molecule has 0 spiro atoms. The molecule has 1 aliphatic rings. The van der Waals surface area contributed by atoms with Crippen LogP contribution >= 0.6 is 15.9 Å². The van der Waals surface area contributed by atoms with Gasteiger partial charge in [-0.05, 0) is 30.7 Å². The molecule has 25 heavy (non-hydrogen) atoms. The molecule has 0 bridgehead atoms. The number of ether oxygens (including phenoxy) is 1. The number of hydrogen-bond acceptors (Lipinski definition) is 3. The fourth-order valence-electron chi connectivity index (χ4n) is 3.07. The molecule has 1 heterocycles. The highest BCUT2D eigenvalue weighted by Crippen LogP contribution is 2.22. The van der Waals surface area contributed by atoms with E-state index >= 15 is 0 Å². The molecule has 1 aliphatic heterocycles. The lowest BCUT2D eigenvalue weighted by molar-refractivity contribution is 0.0624. The van der Waals surface area contributed by atoms with Gasteiger partial charge in [-0.1, -0.05) is 46.3 Å². The van der Waals surface area contributed by atoms with Gasteiger partial charge < -0.3 is 9.64 Å². The number of benzene rings is 2. The summed E-state index contributed by atoms with van der Waals surface area (Å²) < 4.78 is 6.74. The lowest BCUT2D eigenvalue weighted by Crippen LogP contribution is -2.48. The van der Waals surface area contributed by atoms with Gasteiger partial charge in [0.1, 0.15) is 5.75 Å². The van der Waals surface area contributed by atoms with E-state index in [1.807, 2.05) is 42.2 Å². The van der Waals surface area contributed by atoms with Crippen LogP contribution in [-0.2, 0) is 6.54 Å². The molecule has 1 fully saturated rings. The van der Waals surface area contributed by atoms with Gasteiger partial charge in [0, 0.05) is 37.2 Å². The fraction of sp³-hybridized carbons (Fsp3) is 0.350. The maximum atomic E-state index is 12.8. The summed E-state index contributed by atoms with van der Waals surface area (Å²) in [5, 5.41) is 0. The Bertz CT molecular complexity index is 727. The first-order chi connectivity index (χ1) is 12.2. The smallest absolute Gasteiger partial charge is 0.257 e. The minimum atomic E-state index is 0.0598. The molecule has 1 amide bonds. The summed E-state index contributed by atoms with van der Waals surface area (Å²) in [4.78, 5) is 17.1. The molecule has 5 heteroatoms. The van der Waals surface area contributed by atoms with Crippen molar-refractivity contribution in [3.05, 3.63) is 64.1 Å². The monoisotopic (exact) mass is 402 g/mol. The Kier molecular flexibility index (Phi) is 6.10. The average Bonchev–Trinajstić information content (AvgIpc) is 2.64. The maximum Gasteiger partial charge on any atom is 0.257 e. The molecular formula is C20H23BrN2O2. The highest BCUT2D eigenvalue weighted by Gasteiger charge is 2.24. The lowest BCUT2D eigenvalue weighted by atomic mass is 10.1. The van der Waals surface area contributed by atoms with Crippen molar-refractivity contribution >= 4 is 21.8 Å².